The fourth-order valence-corrected chi connectivity index (χ4v) is 3.50. The molecule has 1 saturated carbocycles. The molecule has 1 aliphatic carbocycles. The molecule has 0 aromatic carbocycles. The highest BCUT2D eigenvalue weighted by molar-refractivity contribution is 5.74. The molecular formula is C17H30O4. The lowest BCUT2D eigenvalue weighted by molar-refractivity contribution is -0.237. The predicted octanol–water partition coefficient (Wildman–Crippen LogP) is 3.56. The van der Waals surface area contributed by atoms with Crippen LogP contribution in [0.15, 0.2) is 11.6 Å². The SMILES string of the molecule is COC(=O)[C@@H]1[C@@H]([C@H](C)CCC=C(C)C)CCC1(OC)OC. The van der Waals surface area contributed by atoms with Crippen molar-refractivity contribution in [3.05, 3.63) is 11.6 Å². The van der Waals surface area contributed by atoms with Crippen molar-refractivity contribution in [3.63, 3.8) is 0 Å². The summed E-state index contributed by atoms with van der Waals surface area (Å²) in [5.41, 5.74) is 1.33. The lowest BCUT2D eigenvalue weighted by Crippen LogP contribution is -2.45. The van der Waals surface area contributed by atoms with Gasteiger partial charge >= 0.3 is 5.97 Å². The lowest BCUT2D eigenvalue weighted by Gasteiger charge is -2.34. The molecule has 0 N–H and O–H groups in total. The maximum atomic E-state index is 12.3. The molecule has 4 nitrogen and oxygen atoms in total. The lowest BCUT2D eigenvalue weighted by atomic mass is 9.81. The Kier molecular flexibility index (Phi) is 6.88. The molecule has 0 amide bonds. The minimum absolute atomic E-state index is 0.227. The summed E-state index contributed by atoms with van der Waals surface area (Å²) >= 11 is 0. The van der Waals surface area contributed by atoms with Crippen LogP contribution in [0.5, 0.6) is 0 Å². The van der Waals surface area contributed by atoms with Crippen molar-refractivity contribution in [2.45, 2.75) is 52.2 Å². The van der Waals surface area contributed by atoms with Crippen LogP contribution in [0.2, 0.25) is 0 Å². The van der Waals surface area contributed by atoms with Gasteiger partial charge in [-0.2, -0.15) is 0 Å². The topological polar surface area (TPSA) is 44.8 Å². The van der Waals surface area contributed by atoms with E-state index < -0.39 is 5.79 Å². The average molecular weight is 298 g/mol. The van der Waals surface area contributed by atoms with Gasteiger partial charge < -0.3 is 14.2 Å². The van der Waals surface area contributed by atoms with Crippen LogP contribution in [0.1, 0.15) is 46.5 Å². The molecule has 0 aromatic heterocycles. The summed E-state index contributed by atoms with van der Waals surface area (Å²) in [4.78, 5) is 12.3. The summed E-state index contributed by atoms with van der Waals surface area (Å²) in [5.74, 6) is -0.739. The van der Waals surface area contributed by atoms with E-state index in [4.69, 9.17) is 14.2 Å². The van der Waals surface area contributed by atoms with Gasteiger partial charge in [-0.3, -0.25) is 4.79 Å². The molecule has 0 aliphatic heterocycles. The zero-order valence-corrected chi connectivity index (χ0v) is 14.3. The van der Waals surface area contributed by atoms with Crippen LogP contribution in [-0.2, 0) is 19.0 Å². The van der Waals surface area contributed by atoms with Crippen molar-refractivity contribution in [2.24, 2.45) is 17.8 Å². The number of rotatable bonds is 7. The van der Waals surface area contributed by atoms with E-state index in [0.29, 0.717) is 5.92 Å². The van der Waals surface area contributed by atoms with E-state index in [1.807, 2.05) is 0 Å². The molecule has 1 aliphatic rings. The van der Waals surface area contributed by atoms with E-state index >= 15 is 0 Å². The smallest absolute Gasteiger partial charge is 0.314 e. The summed E-state index contributed by atoms with van der Waals surface area (Å²) < 4.78 is 16.1. The van der Waals surface area contributed by atoms with Crippen molar-refractivity contribution >= 4 is 5.97 Å². The third-order valence-corrected chi connectivity index (χ3v) is 4.78. The summed E-state index contributed by atoms with van der Waals surface area (Å²) in [6.07, 6.45) is 6.01. The zero-order chi connectivity index (χ0) is 16.0. The Balaban J connectivity index is 2.85. The first-order valence-corrected chi connectivity index (χ1v) is 7.73. The molecule has 4 heteroatoms. The molecule has 0 aromatic rings. The number of methoxy groups -OCH3 is 3. The van der Waals surface area contributed by atoms with E-state index in [9.17, 15) is 4.79 Å². The van der Waals surface area contributed by atoms with Crippen LogP contribution < -0.4 is 0 Å². The average Bonchev–Trinajstić information content (AvgIpc) is 2.86. The summed E-state index contributed by atoms with van der Waals surface area (Å²) in [6.45, 7) is 6.43. The van der Waals surface area contributed by atoms with E-state index in [2.05, 4.69) is 26.8 Å². The van der Waals surface area contributed by atoms with Crippen LogP contribution >= 0.6 is 0 Å². The molecule has 0 heterocycles. The van der Waals surface area contributed by atoms with Gasteiger partial charge in [0.1, 0.15) is 5.92 Å². The zero-order valence-electron chi connectivity index (χ0n) is 14.3. The van der Waals surface area contributed by atoms with Gasteiger partial charge in [0.25, 0.3) is 0 Å². The highest BCUT2D eigenvalue weighted by Crippen LogP contribution is 2.47. The largest absolute Gasteiger partial charge is 0.469 e. The fraction of sp³-hybridized carbons (Fsp3) is 0.824. The van der Waals surface area contributed by atoms with Gasteiger partial charge in [0, 0.05) is 20.6 Å². The number of ether oxygens (including phenoxy) is 3. The Bertz CT molecular complexity index is 367. The molecule has 0 radical (unpaired) electrons. The molecule has 1 rings (SSSR count). The molecule has 21 heavy (non-hydrogen) atoms. The Morgan fingerprint density at radius 2 is 1.90 bits per heavy atom. The predicted molar refractivity (Wildman–Crippen MR) is 82.8 cm³/mol. The van der Waals surface area contributed by atoms with E-state index in [1.54, 1.807) is 14.2 Å². The number of esters is 1. The summed E-state index contributed by atoms with van der Waals surface area (Å²) in [5, 5.41) is 0. The fourth-order valence-electron chi connectivity index (χ4n) is 3.50. The molecular weight excluding hydrogens is 268 g/mol. The standard InChI is InChI=1S/C17H30O4/c1-12(2)8-7-9-13(3)14-10-11-17(20-5,21-6)15(14)16(18)19-4/h8,13-15H,7,9-11H2,1-6H3/t13-,14-,15+/m1/s1. The minimum atomic E-state index is -0.831. The van der Waals surface area contributed by atoms with Crippen LogP contribution in [0.4, 0.5) is 0 Å². The van der Waals surface area contributed by atoms with Gasteiger partial charge in [-0.15, -0.1) is 0 Å². The molecule has 1 fully saturated rings. The maximum Gasteiger partial charge on any atom is 0.314 e. The molecule has 0 unspecified atom stereocenters. The van der Waals surface area contributed by atoms with Crippen molar-refractivity contribution in [1.29, 1.82) is 0 Å². The molecule has 122 valence electrons. The first-order valence-electron chi connectivity index (χ1n) is 7.73. The second-order valence-corrected chi connectivity index (χ2v) is 6.26. The number of hydrogen-bond donors (Lipinski definition) is 0. The van der Waals surface area contributed by atoms with Gasteiger partial charge in [-0.25, -0.2) is 0 Å². The number of hydrogen-bond acceptors (Lipinski definition) is 4. The van der Waals surface area contributed by atoms with E-state index in [-0.39, 0.29) is 17.8 Å². The third kappa shape index (κ3) is 4.07. The first kappa shape index (κ1) is 18.2. The van der Waals surface area contributed by atoms with Crippen molar-refractivity contribution < 1.29 is 19.0 Å². The number of carbonyl (C=O) groups excluding carboxylic acids is 1. The van der Waals surface area contributed by atoms with Crippen LogP contribution in [-0.4, -0.2) is 33.1 Å². The van der Waals surface area contributed by atoms with Crippen LogP contribution in [0.25, 0.3) is 0 Å². The summed E-state index contributed by atoms with van der Waals surface area (Å²) in [7, 11) is 4.65. The molecule has 0 saturated heterocycles. The monoisotopic (exact) mass is 298 g/mol. The molecule has 0 spiro atoms. The van der Waals surface area contributed by atoms with Gasteiger partial charge in [-0.05, 0) is 44.9 Å². The normalized spacial score (nSPS) is 25.4. The Morgan fingerprint density at radius 3 is 2.38 bits per heavy atom. The third-order valence-electron chi connectivity index (χ3n) is 4.78. The van der Waals surface area contributed by atoms with E-state index in [0.717, 1.165) is 25.7 Å². The Hall–Kier alpha value is -0.870. The number of carbonyl (C=O) groups is 1. The summed E-state index contributed by atoms with van der Waals surface area (Å²) in [6, 6.07) is 0. The Labute approximate surface area is 128 Å². The van der Waals surface area contributed by atoms with Gasteiger partial charge in [-0.1, -0.05) is 18.6 Å². The maximum absolute atomic E-state index is 12.3. The highest BCUT2D eigenvalue weighted by Gasteiger charge is 2.55. The van der Waals surface area contributed by atoms with Crippen LogP contribution in [0, 0.1) is 17.8 Å². The van der Waals surface area contributed by atoms with Crippen molar-refractivity contribution in [1.82, 2.24) is 0 Å². The van der Waals surface area contributed by atoms with Gasteiger partial charge in [0.2, 0.25) is 0 Å². The second-order valence-electron chi connectivity index (χ2n) is 6.26. The van der Waals surface area contributed by atoms with E-state index in [1.165, 1.54) is 12.7 Å². The second kappa shape index (κ2) is 7.95. The van der Waals surface area contributed by atoms with Crippen molar-refractivity contribution in [3.8, 4) is 0 Å². The quantitative estimate of drug-likeness (QED) is 0.409. The van der Waals surface area contributed by atoms with Gasteiger partial charge in [0.05, 0.1) is 7.11 Å². The number of allylic oxidation sites excluding steroid dienone is 2. The van der Waals surface area contributed by atoms with Crippen molar-refractivity contribution in [2.75, 3.05) is 21.3 Å². The Morgan fingerprint density at radius 1 is 1.29 bits per heavy atom. The molecule has 0 bridgehead atoms. The van der Waals surface area contributed by atoms with Crippen LogP contribution in [0.3, 0.4) is 0 Å². The molecule has 3 atom stereocenters. The van der Waals surface area contributed by atoms with Gasteiger partial charge in [0.15, 0.2) is 5.79 Å². The highest BCUT2D eigenvalue weighted by atomic mass is 16.7. The minimum Gasteiger partial charge on any atom is -0.469 e. The first-order chi connectivity index (χ1) is 9.91.